The molecule has 16 heavy (non-hydrogen) atoms. The van der Waals surface area contributed by atoms with Crippen LogP contribution in [0.25, 0.3) is 10.2 Å². The van der Waals surface area contributed by atoms with Crippen LogP contribution >= 0.6 is 22.9 Å². The van der Waals surface area contributed by atoms with E-state index in [0.717, 1.165) is 28.3 Å². The van der Waals surface area contributed by atoms with Gasteiger partial charge in [0.05, 0.1) is 20.2 Å². The molecule has 0 unspecified atom stereocenters. The van der Waals surface area contributed by atoms with E-state index in [1.807, 2.05) is 18.2 Å². The number of fused-ring (bicyclic) bond motifs is 1. The Morgan fingerprint density at radius 3 is 3.00 bits per heavy atom. The molecule has 0 radical (unpaired) electrons. The lowest BCUT2D eigenvalue weighted by atomic mass is 9.99. The number of benzene rings is 1. The van der Waals surface area contributed by atoms with Gasteiger partial charge in [-0.25, -0.2) is 4.98 Å². The summed E-state index contributed by atoms with van der Waals surface area (Å²) >= 11 is 7.91. The number of nitrogens with one attached hydrogen (secondary N) is 1. The zero-order chi connectivity index (χ0) is 11.1. The lowest BCUT2D eigenvalue weighted by Gasteiger charge is -2.09. The summed E-state index contributed by atoms with van der Waals surface area (Å²) in [6.07, 6.45) is 0. The van der Waals surface area contributed by atoms with Gasteiger partial charge in [-0.05, 0) is 24.6 Å². The maximum absolute atomic E-state index is 6.17. The van der Waals surface area contributed by atoms with E-state index in [1.54, 1.807) is 11.3 Å². The first-order chi connectivity index (χ1) is 7.75. The lowest BCUT2D eigenvalue weighted by Crippen LogP contribution is -2.07. The van der Waals surface area contributed by atoms with Gasteiger partial charge in [-0.2, -0.15) is 0 Å². The molecule has 3 rings (SSSR count). The van der Waals surface area contributed by atoms with Gasteiger partial charge in [-0.3, -0.25) is 0 Å². The van der Waals surface area contributed by atoms with Crippen molar-refractivity contribution < 1.29 is 0 Å². The van der Waals surface area contributed by atoms with Crippen LogP contribution in [0.5, 0.6) is 0 Å². The molecule has 0 amide bonds. The number of nitrogens with zero attached hydrogens (tertiary/aromatic N) is 1. The van der Waals surface area contributed by atoms with Crippen molar-refractivity contribution in [1.29, 1.82) is 0 Å². The third kappa shape index (κ3) is 1.63. The quantitative estimate of drug-likeness (QED) is 0.843. The average molecular weight is 253 g/mol. The van der Waals surface area contributed by atoms with E-state index in [1.165, 1.54) is 5.01 Å². The van der Waals surface area contributed by atoms with Crippen LogP contribution in [-0.2, 0) is 0 Å². The highest BCUT2D eigenvalue weighted by Crippen LogP contribution is 2.36. The number of thiazole rings is 1. The summed E-state index contributed by atoms with van der Waals surface area (Å²) < 4.78 is 1.12. The molecule has 1 fully saturated rings. The van der Waals surface area contributed by atoms with Crippen LogP contribution in [0.3, 0.4) is 0 Å². The van der Waals surface area contributed by atoms with Crippen LogP contribution in [-0.4, -0.2) is 18.1 Å². The fraction of sp³-hybridized carbons (Fsp3) is 0.417. The first kappa shape index (κ1) is 10.5. The number of aromatic nitrogens is 1. The fourth-order valence-electron chi connectivity index (χ4n) is 2.23. The van der Waals surface area contributed by atoms with Crippen LogP contribution in [0.1, 0.15) is 17.8 Å². The van der Waals surface area contributed by atoms with Gasteiger partial charge in [0.25, 0.3) is 0 Å². The molecule has 1 aliphatic heterocycles. The van der Waals surface area contributed by atoms with E-state index in [-0.39, 0.29) is 0 Å². The van der Waals surface area contributed by atoms with Crippen molar-refractivity contribution in [2.75, 3.05) is 13.1 Å². The third-order valence-corrected chi connectivity index (χ3v) is 4.88. The van der Waals surface area contributed by atoms with Gasteiger partial charge in [0.1, 0.15) is 0 Å². The summed E-state index contributed by atoms with van der Waals surface area (Å²) in [5.41, 5.74) is 1.03. The molecule has 0 saturated carbocycles. The molecular formula is C12H13ClN2S. The minimum absolute atomic E-state index is 0.550. The average Bonchev–Trinajstić information content (AvgIpc) is 2.84. The van der Waals surface area contributed by atoms with Crippen LogP contribution in [0.15, 0.2) is 18.2 Å². The normalized spacial score (nSPS) is 25.4. The van der Waals surface area contributed by atoms with E-state index < -0.39 is 0 Å². The molecule has 4 heteroatoms. The second-order valence-electron chi connectivity index (χ2n) is 4.38. The summed E-state index contributed by atoms with van der Waals surface area (Å²) in [5.74, 6) is 1.22. The molecule has 1 saturated heterocycles. The van der Waals surface area contributed by atoms with Gasteiger partial charge in [0.2, 0.25) is 0 Å². The molecule has 84 valence electrons. The van der Waals surface area contributed by atoms with E-state index in [4.69, 9.17) is 16.6 Å². The number of rotatable bonds is 1. The molecule has 1 aliphatic rings. The molecule has 2 atom stereocenters. The third-order valence-electron chi connectivity index (χ3n) is 3.22. The molecular weight excluding hydrogens is 240 g/mol. The highest BCUT2D eigenvalue weighted by molar-refractivity contribution is 7.19. The Labute approximate surface area is 104 Å². The van der Waals surface area contributed by atoms with Gasteiger partial charge < -0.3 is 5.32 Å². The molecule has 2 heterocycles. The number of hydrogen-bond donors (Lipinski definition) is 1. The van der Waals surface area contributed by atoms with Gasteiger partial charge in [-0.15, -0.1) is 11.3 Å². The van der Waals surface area contributed by atoms with Crippen molar-refractivity contribution in [3.8, 4) is 0 Å². The van der Waals surface area contributed by atoms with Crippen LogP contribution in [0.2, 0.25) is 5.02 Å². The molecule has 2 aromatic rings. The van der Waals surface area contributed by atoms with Crippen LogP contribution < -0.4 is 5.32 Å². The van der Waals surface area contributed by atoms with E-state index in [2.05, 4.69) is 12.2 Å². The topological polar surface area (TPSA) is 24.9 Å². The minimum atomic E-state index is 0.550. The monoisotopic (exact) mass is 252 g/mol. The van der Waals surface area contributed by atoms with Crippen LogP contribution in [0.4, 0.5) is 0 Å². The SMILES string of the molecule is C[C@@H]1CNC[C@H]1c1nc2cccc(Cl)c2s1. The lowest BCUT2D eigenvalue weighted by molar-refractivity contribution is 0.570. The van der Waals surface area contributed by atoms with Crippen LogP contribution in [0, 0.1) is 5.92 Å². The standard InChI is InChI=1S/C12H13ClN2S/c1-7-5-14-6-8(7)12-15-10-4-2-3-9(13)11(10)16-12/h2-4,7-8,14H,5-6H2,1H3/t7-,8-/m1/s1. The zero-order valence-corrected chi connectivity index (χ0v) is 10.6. The predicted molar refractivity (Wildman–Crippen MR) is 69.4 cm³/mol. The smallest absolute Gasteiger partial charge is 0.0985 e. The summed E-state index contributed by atoms with van der Waals surface area (Å²) in [4.78, 5) is 4.70. The Morgan fingerprint density at radius 1 is 1.44 bits per heavy atom. The second kappa shape index (κ2) is 3.99. The predicted octanol–water partition coefficient (Wildman–Crippen LogP) is 3.27. The van der Waals surface area contributed by atoms with E-state index >= 15 is 0 Å². The molecule has 1 N–H and O–H groups in total. The van der Waals surface area contributed by atoms with Crippen molar-refractivity contribution in [2.24, 2.45) is 5.92 Å². The van der Waals surface area contributed by atoms with Crippen molar-refractivity contribution in [2.45, 2.75) is 12.8 Å². The van der Waals surface area contributed by atoms with Crippen molar-refractivity contribution in [3.63, 3.8) is 0 Å². The minimum Gasteiger partial charge on any atom is -0.316 e. The molecule has 1 aromatic carbocycles. The number of halogens is 1. The largest absolute Gasteiger partial charge is 0.316 e. The summed E-state index contributed by atoms with van der Waals surface area (Å²) in [5, 5.41) is 5.46. The molecule has 0 aliphatic carbocycles. The van der Waals surface area contributed by atoms with Gasteiger partial charge in [0.15, 0.2) is 0 Å². The highest BCUT2D eigenvalue weighted by Gasteiger charge is 2.27. The fourth-order valence-corrected chi connectivity index (χ4v) is 3.72. The second-order valence-corrected chi connectivity index (χ2v) is 5.82. The zero-order valence-electron chi connectivity index (χ0n) is 9.03. The Balaban J connectivity index is 2.08. The molecule has 0 spiro atoms. The maximum Gasteiger partial charge on any atom is 0.0985 e. The van der Waals surface area contributed by atoms with Gasteiger partial charge in [-0.1, -0.05) is 24.6 Å². The van der Waals surface area contributed by atoms with Gasteiger partial charge in [0, 0.05) is 12.5 Å². The van der Waals surface area contributed by atoms with Crippen molar-refractivity contribution in [1.82, 2.24) is 10.3 Å². The summed E-state index contributed by atoms with van der Waals surface area (Å²) in [6, 6.07) is 5.93. The Morgan fingerprint density at radius 2 is 2.31 bits per heavy atom. The summed E-state index contributed by atoms with van der Waals surface area (Å²) in [7, 11) is 0. The molecule has 0 bridgehead atoms. The first-order valence-corrected chi connectivity index (χ1v) is 6.71. The van der Waals surface area contributed by atoms with Crippen molar-refractivity contribution >= 4 is 33.2 Å². The number of hydrogen-bond acceptors (Lipinski definition) is 3. The molecule has 1 aromatic heterocycles. The van der Waals surface area contributed by atoms with E-state index in [0.29, 0.717) is 11.8 Å². The Bertz CT molecular complexity index is 523. The maximum atomic E-state index is 6.17. The highest BCUT2D eigenvalue weighted by atomic mass is 35.5. The van der Waals surface area contributed by atoms with Crippen molar-refractivity contribution in [3.05, 3.63) is 28.2 Å². The molecule has 2 nitrogen and oxygen atoms in total. The first-order valence-electron chi connectivity index (χ1n) is 5.51. The van der Waals surface area contributed by atoms with Gasteiger partial charge >= 0.3 is 0 Å². The van der Waals surface area contributed by atoms with E-state index in [9.17, 15) is 0 Å². The Hall–Kier alpha value is -0.640. The summed E-state index contributed by atoms with van der Waals surface area (Å²) in [6.45, 7) is 4.41. The Kier molecular flexibility index (Phi) is 2.62.